The van der Waals surface area contributed by atoms with Crippen LogP contribution in [0, 0.1) is 5.92 Å². The molecule has 1 atom stereocenters. The molecule has 0 heterocycles. The van der Waals surface area contributed by atoms with Gasteiger partial charge in [-0.3, -0.25) is 4.79 Å². The Bertz CT molecular complexity index is 736. The van der Waals surface area contributed by atoms with Crippen molar-refractivity contribution in [1.82, 2.24) is 5.43 Å². The summed E-state index contributed by atoms with van der Waals surface area (Å²) in [6, 6.07) is 17.8. The number of carbonyl (C=O) groups is 1. The van der Waals surface area contributed by atoms with E-state index in [0.29, 0.717) is 11.7 Å². The Hall–Kier alpha value is -2.88. The SMILES string of the molecule is O=C(COc1ccc(-c2ccccc2)cc1)N/N=C\[C@H]1CC=CCC1. The Labute approximate surface area is 148 Å². The van der Waals surface area contributed by atoms with E-state index in [1.54, 1.807) is 0 Å². The topological polar surface area (TPSA) is 50.7 Å². The minimum absolute atomic E-state index is 0.0490. The molecule has 0 spiro atoms. The van der Waals surface area contributed by atoms with E-state index in [2.05, 4.69) is 34.8 Å². The molecule has 0 aliphatic heterocycles. The second-order valence-corrected chi connectivity index (χ2v) is 6.04. The van der Waals surface area contributed by atoms with Gasteiger partial charge in [-0.25, -0.2) is 5.43 Å². The third-order valence-corrected chi connectivity index (χ3v) is 4.12. The van der Waals surface area contributed by atoms with Crippen molar-refractivity contribution in [3.63, 3.8) is 0 Å². The molecule has 4 heteroatoms. The molecule has 2 aromatic rings. The van der Waals surface area contributed by atoms with Gasteiger partial charge in [0, 0.05) is 6.21 Å². The van der Waals surface area contributed by atoms with Gasteiger partial charge in [0.1, 0.15) is 5.75 Å². The third-order valence-electron chi connectivity index (χ3n) is 4.12. The normalized spacial score (nSPS) is 16.7. The first kappa shape index (κ1) is 17.0. The van der Waals surface area contributed by atoms with E-state index >= 15 is 0 Å². The largest absolute Gasteiger partial charge is 0.484 e. The molecule has 1 N–H and O–H groups in total. The molecular formula is C21H22N2O2. The number of hydrogen-bond acceptors (Lipinski definition) is 3. The second kappa shape index (κ2) is 8.83. The predicted octanol–water partition coefficient (Wildman–Crippen LogP) is 4.19. The van der Waals surface area contributed by atoms with Crippen LogP contribution in [0.3, 0.4) is 0 Å². The number of hydrogen-bond donors (Lipinski definition) is 1. The average Bonchev–Trinajstić information content (AvgIpc) is 2.68. The van der Waals surface area contributed by atoms with Crippen LogP contribution in [0.25, 0.3) is 11.1 Å². The van der Waals surface area contributed by atoms with Crippen LogP contribution in [-0.4, -0.2) is 18.7 Å². The fourth-order valence-electron chi connectivity index (χ4n) is 2.72. The first-order valence-corrected chi connectivity index (χ1v) is 8.56. The van der Waals surface area contributed by atoms with Gasteiger partial charge in [-0.15, -0.1) is 0 Å². The third kappa shape index (κ3) is 5.31. The molecule has 0 saturated heterocycles. The van der Waals surface area contributed by atoms with Gasteiger partial charge < -0.3 is 4.74 Å². The van der Waals surface area contributed by atoms with Crippen LogP contribution in [0.5, 0.6) is 5.75 Å². The zero-order valence-electron chi connectivity index (χ0n) is 14.1. The monoisotopic (exact) mass is 334 g/mol. The van der Waals surface area contributed by atoms with Gasteiger partial charge in [0.15, 0.2) is 6.61 Å². The van der Waals surface area contributed by atoms with Crippen LogP contribution in [0.2, 0.25) is 0 Å². The zero-order chi connectivity index (χ0) is 17.3. The number of allylic oxidation sites excluding steroid dienone is 2. The molecule has 1 amide bonds. The van der Waals surface area contributed by atoms with Crippen LogP contribution >= 0.6 is 0 Å². The predicted molar refractivity (Wildman–Crippen MR) is 100 cm³/mol. The lowest BCUT2D eigenvalue weighted by Gasteiger charge is -2.11. The van der Waals surface area contributed by atoms with Gasteiger partial charge >= 0.3 is 0 Å². The molecule has 128 valence electrons. The molecule has 1 aliphatic rings. The van der Waals surface area contributed by atoms with Crippen LogP contribution < -0.4 is 10.2 Å². The number of hydrazone groups is 1. The van der Waals surface area contributed by atoms with E-state index in [1.165, 1.54) is 0 Å². The minimum atomic E-state index is -0.255. The molecule has 0 bridgehead atoms. The van der Waals surface area contributed by atoms with Crippen molar-refractivity contribution in [2.45, 2.75) is 19.3 Å². The molecule has 0 fully saturated rings. The van der Waals surface area contributed by atoms with E-state index in [4.69, 9.17) is 4.74 Å². The molecular weight excluding hydrogens is 312 g/mol. The van der Waals surface area contributed by atoms with Crippen LogP contribution in [0.4, 0.5) is 0 Å². The first-order chi connectivity index (χ1) is 12.3. The highest BCUT2D eigenvalue weighted by molar-refractivity contribution is 5.78. The molecule has 2 aromatic carbocycles. The number of carbonyl (C=O) groups excluding carboxylic acids is 1. The Morgan fingerprint density at radius 1 is 1.08 bits per heavy atom. The van der Waals surface area contributed by atoms with Gasteiger partial charge in [-0.05, 0) is 48.4 Å². The van der Waals surface area contributed by atoms with E-state index < -0.39 is 0 Å². The fourth-order valence-corrected chi connectivity index (χ4v) is 2.72. The van der Waals surface area contributed by atoms with Crippen molar-refractivity contribution in [3.8, 4) is 16.9 Å². The van der Waals surface area contributed by atoms with E-state index in [9.17, 15) is 4.79 Å². The number of nitrogens with zero attached hydrogens (tertiary/aromatic N) is 1. The van der Waals surface area contributed by atoms with Gasteiger partial charge in [-0.1, -0.05) is 54.6 Å². The minimum Gasteiger partial charge on any atom is -0.484 e. The maximum absolute atomic E-state index is 11.8. The van der Waals surface area contributed by atoms with Crippen molar-refractivity contribution >= 4 is 12.1 Å². The zero-order valence-corrected chi connectivity index (χ0v) is 14.1. The average molecular weight is 334 g/mol. The van der Waals surface area contributed by atoms with E-state index in [1.807, 2.05) is 48.7 Å². The molecule has 4 nitrogen and oxygen atoms in total. The molecule has 0 unspecified atom stereocenters. The summed E-state index contributed by atoms with van der Waals surface area (Å²) in [4.78, 5) is 11.8. The highest BCUT2D eigenvalue weighted by Crippen LogP contribution is 2.22. The van der Waals surface area contributed by atoms with Crippen molar-refractivity contribution in [3.05, 3.63) is 66.7 Å². The quantitative estimate of drug-likeness (QED) is 0.489. The molecule has 3 rings (SSSR count). The van der Waals surface area contributed by atoms with Gasteiger partial charge in [0.05, 0.1) is 0 Å². The maximum Gasteiger partial charge on any atom is 0.277 e. The standard InChI is InChI=1S/C21H22N2O2/c24-21(23-22-15-17-7-3-1-4-8-17)16-25-20-13-11-19(12-14-20)18-9-5-2-6-10-18/h1-3,5-6,9-15,17H,4,7-8,16H2,(H,23,24)/b22-15-/t17-/m0/s1. The van der Waals surface area contributed by atoms with E-state index in [-0.39, 0.29) is 12.5 Å². The van der Waals surface area contributed by atoms with Crippen LogP contribution in [0.15, 0.2) is 71.9 Å². The lowest BCUT2D eigenvalue weighted by atomic mass is 9.96. The van der Waals surface area contributed by atoms with Crippen molar-refractivity contribution in [1.29, 1.82) is 0 Å². The van der Waals surface area contributed by atoms with Crippen LogP contribution in [0.1, 0.15) is 19.3 Å². The van der Waals surface area contributed by atoms with Gasteiger partial charge in [-0.2, -0.15) is 5.10 Å². The smallest absolute Gasteiger partial charge is 0.277 e. The molecule has 1 aliphatic carbocycles. The first-order valence-electron chi connectivity index (χ1n) is 8.56. The molecule has 0 saturated carbocycles. The van der Waals surface area contributed by atoms with Crippen molar-refractivity contribution in [2.24, 2.45) is 11.0 Å². The number of rotatable bonds is 6. The number of amides is 1. The maximum atomic E-state index is 11.8. The Kier molecular flexibility index (Phi) is 5.99. The fraction of sp³-hybridized carbons (Fsp3) is 0.238. The summed E-state index contributed by atoms with van der Waals surface area (Å²) in [7, 11) is 0. The highest BCUT2D eigenvalue weighted by atomic mass is 16.5. The van der Waals surface area contributed by atoms with Crippen molar-refractivity contribution in [2.75, 3.05) is 6.61 Å². The summed E-state index contributed by atoms with van der Waals surface area (Å²) in [5, 5.41) is 4.02. The van der Waals surface area contributed by atoms with Crippen LogP contribution in [-0.2, 0) is 4.79 Å². The second-order valence-electron chi connectivity index (χ2n) is 6.04. The van der Waals surface area contributed by atoms with E-state index in [0.717, 1.165) is 30.4 Å². The number of ether oxygens (including phenoxy) is 1. The molecule has 0 radical (unpaired) electrons. The Morgan fingerprint density at radius 3 is 2.56 bits per heavy atom. The lowest BCUT2D eigenvalue weighted by molar-refractivity contribution is -0.123. The van der Waals surface area contributed by atoms with Gasteiger partial charge in [0.2, 0.25) is 0 Å². The summed E-state index contributed by atoms with van der Waals surface area (Å²) in [6.07, 6.45) is 9.30. The lowest BCUT2D eigenvalue weighted by Crippen LogP contribution is -2.25. The summed E-state index contributed by atoms with van der Waals surface area (Å²) < 4.78 is 5.50. The molecule has 25 heavy (non-hydrogen) atoms. The molecule has 0 aromatic heterocycles. The Balaban J connectivity index is 1.44. The highest BCUT2D eigenvalue weighted by Gasteiger charge is 2.07. The number of nitrogens with one attached hydrogen (secondary N) is 1. The Morgan fingerprint density at radius 2 is 1.84 bits per heavy atom. The van der Waals surface area contributed by atoms with Gasteiger partial charge in [0.25, 0.3) is 5.91 Å². The summed E-state index contributed by atoms with van der Waals surface area (Å²) in [5.74, 6) is 0.822. The summed E-state index contributed by atoms with van der Waals surface area (Å²) in [5.41, 5.74) is 4.78. The summed E-state index contributed by atoms with van der Waals surface area (Å²) in [6.45, 7) is -0.0490. The number of benzene rings is 2. The van der Waals surface area contributed by atoms with Crippen molar-refractivity contribution < 1.29 is 9.53 Å². The summed E-state index contributed by atoms with van der Waals surface area (Å²) >= 11 is 0.